The van der Waals surface area contributed by atoms with Crippen LogP contribution in [0.5, 0.6) is 0 Å². The highest BCUT2D eigenvalue weighted by Gasteiger charge is 2.46. The van der Waals surface area contributed by atoms with Crippen LogP contribution in [0.1, 0.15) is 107 Å². The minimum absolute atomic E-state index is 0.0329. The van der Waals surface area contributed by atoms with Gasteiger partial charge in [0.1, 0.15) is 54.4 Å². The molecule has 2 aliphatic rings. The van der Waals surface area contributed by atoms with Crippen molar-refractivity contribution in [3.8, 4) is 0 Å². The van der Waals surface area contributed by atoms with E-state index in [1.54, 1.807) is 19.1 Å². The molecular weight excluding hydrogens is 1180 g/mol. The van der Waals surface area contributed by atoms with E-state index in [2.05, 4.69) is 37.2 Å². The molecule has 0 bridgehead atoms. The number of aliphatic hydroxyl groups is 2. The number of fused-ring (bicyclic) bond motifs is 1. The van der Waals surface area contributed by atoms with Crippen molar-refractivity contribution in [2.24, 2.45) is 41.2 Å². The molecule has 0 aliphatic carbocycles. The lowest BCUT2D eigenvalue weighted by Gasteiger charge is -2.34. The minimum atomic E-state index is -2.86. The number of aliphatic hydroxyl groups excluding tert-OH is 2. The van der Waals surface area contributed by atoms with Gasteiger partial charge in [-0.1, -0.05) is 66.7 Å². The Morgan fingerprint density at radius 3 is 1.80 bits per heavy atom. The summed E-state index contributed by atoms with van der Waals surface area (Å²) in [6, 6.07) is -19.7. The topological polar surface area (TPSA) is 527 Å². The molecule has 11 amide bonds. The van der Waals surface area contributed by atoms with Gasteiger partial charge in [-0.3, -0.25) is 67.1 Å². The molecule has 0 spiro atoms. The number of carbonyl (C=O) groups excluding carboxylic acids is 11. The zero-order valence-electron chi connectivity index (χ0n) is 51.2. The predicted molar refractivity (Wildman–Crippen MR) is 311 cm³/mol. The Bertz CT molecular complexity index is 2650. The van der Waals surface area contributed by atoms with Gasteiger partial charge in [-0.05, 0) is 82.6 Å². The number of carboxylic acid groups (broad SMARTS) is 4. The van der Waals surface area contributed by atoms with Gasteiger partial charge in [0, 0.05) is 12.6 Å². The van der Waals surface area contributed by atoms with Gasteiger partial charge < -0.3 is 94.4 Å². The van der Waals surface area contributed by atoms with E-state index in [4.69, 9.17) is 5.73 Å². The molecule has 33 heteroatoms. The third kappa shape index (κ3) is 24.1. The summed E-state index contributed by atoms with van der Waals surface area (Å²) in [5.74, 6) is -26.7. The van der Waals surface area contributed by atoms with Crippen LogP contribution in [-0.4, -0.2) is 217 Å². The zero-order chi connectivity index (χ0) is 67.7. The summed E-state index contributed by atoms with van der Waals surface area (Å²) in [7, 11) is 0. The number of carbonyl (C=O) groups is 15. The normalized spacial score (nSPS) is 25.8. The van der Waals surface area contributed by atoms with Gasteiger partial charge in [0.05, 0.1) is 37.5 Å². The zero-order valence-corrected chi connectivity index (χ0v) is 51.2. The first kappa shape index (κ1) is 76.5. The van der Waals surface area contributed by atoms with Gasteiger partial charge in [-0.15, -0.1) is 0 Å². The average molecular weight is 1270 g/mol. The molecule has 14 atom stereocenters. The number of rotatable bonds is 23. The van der Waals surface area contributed by atoms with Crippen molar-refractivity contribution in [1.29, 1.82) is 0 Å². The molecule has 2 rings (SSSR count). The highest BCUT2D eigenvalue weighted by Crippen LogP contribution is 2.26. The van der Waals surface area contributed by atoms with Gasteiger partial charge in [0.15, 0.2) is 6.10 Å². The Morgan fingerprint density at radius 1 is 0.663 bits per heavy atom. The van der Waals surface area contributed by atoms with Crippen LogP contribution in [-0.2, 0) is 71.9 Å². The molecule has 89 heavy (non-hydrogen) atoms. The van der Waals surface area contributed by atoms with Crippen molar-refractivity contribution in [2.75, 3.05) is 26.2 Å². The Kier molecular flexibility index (Phi) is 31.5. The van der Waals surface area contributed by atoms with Crippen molar-refractivity contribution in [1.82, 2.24) is 58.1 Å². The van der Waals surface area contributed by atoms with E-state index in [0.717, 1.165) is 31.2 Å². The second-order valence-electron chi connectivity index (χ2n) is 23.1. The monoisotopic (exact) mass is 1260 g/mol. The molecule has 33 nitrogen and oxygen atoms in total. The lowest BCUT2D eigenvalue weighted by Crippen LogP contribution is -2.67. The Morgan fingerprint density at radius 2 is 1.25 bits per heavy atom. The van der Waals surface area contributed by atoms with E-state index in [1.165, 1.54) is 33.8 Å². The van der Waals surface area contributed by atoms with E-state index < -0.39 is 205 Å². The van der Waals surface area contributed by atoms with E-state index >= 15 is 0 Å². The van der Waals surface area contributed by atoms with E-state index in [1.807, 2.05) is 29.8 Å². The summed E-state index contributed by atoms with van der Waals surface area (Å²) in [5.41, 5.74) is 5.68. The fourth-order valence-corrected chi connectivity index (χ4v) is 9.29. The van der Waals surface area contributed by atoms with Crippen LogP contribution < -0.4 is 58.9 Å². The van der Waals surface area contributed by atoms with Crippen molar-refractivity contribution in [3.63, 3.8) is 0 Å². The van der Waals surface area contributed by atoms with Gasteiger partial charge in [0.2, 0.25) is 65.0 Å². The first-order chi connectivity index (χ1) is 41.6. The van der Waals surface area contributed by atoms with E-state index in [-0.39, 0.29) is 38.8 Å². The standard InChI is InChI=1S/C56H88N12O21/c1-25(2)16-12-10-11-13-18-35(70)62-40(29(8)54(84)85)50(80)66-42-33(24-69)61-47(77)34-20-28(7)23-68(34)53(83)39(27(5)6)65-49(79)41(30(9)55(86)87)63-36(71)22-58-45(75)32(21-37(72)73)60-52(82)43(44(74)56(88)89)67-46(76)31(17-14-15-19-57)59-48(78)38(26(3)4)64-51(42)81/h10-11,13,18,25-34,38-44,69,74H,12,14-17,19-24,57H2,1-9H3,(H,58,75)(H,59,78)(H,60,82)(H,61,77)(H,62,70)(H,63,71)(H,64,81)(H,65,79)(H,66,80)(H,67,76)(H,72,73)(H,84,85)(H,86,87)(H,88,89)/b11-10-,18-13+/t28-,29?,30?,31+,32+,33?,34+,38-,39+,40+,41-,42+,43+,44?/m1/s1. The third-order valence-corrected chi connectivity index (χ3v) is 14.6. The Labute approximate surface area is 513 Å². The minimum Gasteiger partial charge on any atom is -0.481 e. The summed E-state index contributed by atoms with van der Waals surface area (Å²) >= 11 is 0. The molecule has 0 radical (unpaired) electrons. The van der Waals surface area contributed by atoms with Crippen LogP contribution in [0.3, 0.4) is 0 Å². The summed E-state index contributed by atoms with van der Waals surface area (Å²) in [4.78, 5) is 205. The van der Waals surface area contributed by atoms with Gasteiger partial charge >= 0.3 is 23.9 Å². The first-order valence-corrected chi connectivity index (χ1v) is 29.1. The maximum atomic E-state index is 14.9. The molecule has 2 heterocycles. The number of unbranched alkanes of at least 4 members (excludes halogenated alkanes) is 1. The van der Waals surface area contributed by atoms with Gasteiger partial charge in [0.25, 0.3) is 0 Å². The number of hydrogen-bond acceptors (Lipinski definition) is 18. The number of nitrogens with one attached hydrogen (secondary N) is 10. The number of nitrogens with two attached hydrogens (primary N) is 1. The molecular formula is C56H88N12O21. The van der Waals surface area contributed by atoms with Crippen molar-refractivity contribution < 1.29 is 103 Å². The fourth-order valence-electron chi connectivity index (χ4n) is 9.29. The highest BCUT2D eigenvalue weighted by molar-refractivity contribution is 6.02. The number of nitrogens with zero attached hydrogens (tertiary/aromatic N) is 1. The molecule has 0 aromatic heterocycles. The van der Waals surface area contributed by atoms with Gasteiger partial charge in [-0.25, -0.2) is 4.79 Å². The smallest absolute Gasteiger partial charge is 0.335 e. The largest absolute Gasteiger partial charge is 0.481 e. The van der Waals surface area contributed by atoms with E-state index in [9.17, 15) is 103 Å². The van der Waals surface area contributed by atoms with Crippen LogP contribution >= 0.6 is 0 Å². The summed E-state index contributed by atoms with van der Waals surface area (Å²) in [5, 5.41) is 83.7. The van der Waals surface area contributed by atoms with Crippen LogP contribution in [0.4, 0.5) is 0 Å². The van der Waals surface area contributed by atoms with Crippen molar-refractivity contribution in [2.45, 2.75) is 174 Å². The lowest BCUT2D eigenvalue weighted by molar-refractivity contribution is -0.153. The number of carboxylic acids is 4. The number of aliphatic carboxylic acids is 4. The quantitative estimate of drug-likeness (QED) is 0.0259. The number of allylic oxidation sites excluding steroid dienone is 3. The molecule has 2 fully saturated rings. The van der Waals surface area contributed by atoms with E-state index in [0.29, 0.717) is 12.3 Å². The molecule has 18 N–H and O–H groups in total. The first-order valence-electron chi connectivity index (χ1n) is 29.1. The molecule has 0 aromatic carbocycles. The van der Waals surface area contributed by atoms with Crippen LogP contribution in [0.2, 0.25) is 0 Å². The molecule has 0 aromatic rings. The number of hydrogen-bond donors (Lipinski definition) is 17. The Balaban J connectivity index is 3.01. The maximum absolute atomic E-state index is 14.9. The summed E-state index contributed by atoms with van der Waals surface area (Å²) in [6.07, 6.45) is 2.75. The highest BCUT2D eigenvalue weighted by atomic mass is 16.4. The van der Waals surface area contributed by atoms with Crippen molar-refractivity contribution in [3.05, 3.63) is 24.3 Å². The molecule has 0 saturated carbocycles. The average Bonchev–Trinajstić information content (AvgIpc) is 4.12. The molecule has 2 saturated heterocycles. The third-order valence-electron chi connectivity index (χ3n) is 14.6. The van der Waals surface area contributed by atoms with Crippen molar-refractivity contribution >= 4 is 88.9 Å². The second-order valence-corrected chi connectivity index (χ2v) is 23.1. The van der Waals surface area contributed by atoms with Gasteiger partial charge in [-0.2, -0.15) is 0 Å². The summed E-state index contributed by atoms with van der Waals surface area (Å²) < 4.78 is 0. The molecule has 498 valence electrons. The van der Waals surface area contributed by atoms with Crippen LogP contribution in [0, 0.1) is 35.5 Å². The second kappa shape index (κ2) is 36.7. The Hall–Kier alpha value is -8.59. The molecule has 2 aliphatic heterocycles. The van der Waals surface area contributed by atoms with Crippen LogP contribution in [0.25, 0.3) is 0 Å². The lowest BCUT2D eigenvalue weighted by atomic mass is 9.97. The SMILES string of the molecule is CC(C)CC/C=C\C=C\C(=O)N[C@H](C(=O)N[C@@H]1C(=O)N[C@H](C(C)C)C(=O)N[C@@H](CCCCN)C(=O)N[C@@H](C(O)C(=O)O)C(=O)N[C@@H](CC(=O)O)C(=O)NCC(=O)N[C@H](C(C)C(=O)O)C(=O)N[C@@H](C(C)C)C(=O)N2C[C@H](C)C[C@H]2C(=O)NC1CO)C(C)C(=O)O. The molecule has 4 unspecified atom stereocenters. The summed E-state index contributed by atoms with van der Waals surface area (Å²) in [6.45, 7) is 11.0. The van der Waals surface area contributed by atoms with Crippen LogP contribution in [0.15, 0.2) is 24.3 Å². The fraction of sp³-hybridized carbons (Fsp3) is 0.661. The predicted octanol–water partition coefficient (Wildman–Crippen LogP) is -4.94. The maximum Gasteiger partial charge on any atom is 0.335 e. The number of amides is 11.